The summed E-state index contributed by atoms with van der Waals surface area (Å²) in [5.74, 6) is -0.411. The van der Waals surface area contributed by atoms with E-state index in [0.29, 0.717) is 25.7 Å². The molecule has 0 N–H and O–H groups in total. The quantitative estimate of drug-likeness (QED) is 0.300. The largest absolute Gasteiger partial charge is 1.00 e. The van der Waals surface area contributed by atoms with Crippen LogP contribution in [0.25, 0.3) is 0 Å². The van der Waals surface area contributed by atoms with E-state index >= 15 is 0 Å². The Hall–Kier alpha value is 0.820. The number of rotatable bonds is 6. The summed E-state index contributed by atoms with van der Waals surface area (Å²) in [6, 6.07) is 0. The van der Waals surface area contributed by atoms with Gasteiger partial charge in [-0.15, -0.1) is 0 Å². The minimum absolute atomic E-state index is 0. The molecule has 0 atom stereocenters. The Morgan fingerprint density at radius 1 is 1.11 bits per heavy atom. The van der Waals surface area contributed by atoms with Crippen LogP contribution in [0.2, 0.25) is 0 Å². The second-order valence-electron chi connectivity index (χ2n) is 4.71. The first-order valence-corrected chi connectivity index (χ1v) is 9.46. The third kappa shape index (κ3) is 8.64. The van der Waals surface area contributed by atoms with Crippen molar-refractivity contribution >= 4 is 20.0 Å². The van der Waals surface area contributed by atoms with Gasteiger partial charge < -0.3 is 9.29 Å². The Kier molecular flexibility index (Phi) is 8.67. The fourth-order valence-corrected chi connectivity index (χ4v) is 3.71. The van der Waals surface area contributed by atoms with Crippen molar-refractivity contribution in [3.63, 3.8) is 0 Å². The van der Waals surface area contributed by atoms with Crippen molar-refractivity contribution in [3.8, 4) is 0 Å². The van der Waals surface area contributed by atoms with E-state index in [1.54, 1.807) is 0 Å². The maximum Gasteiger partial charge on any atom is 1.00 e. The van der Waals surface area contributed by atoms with Crippen LogP contribution in [0.3, 0.4) is 0 Å². The number of hydrogen-bond donors (Lipinski definition) is 0. The molecule has 0 spiro atoms. The van der Waals surface area contributed by atoms with Crippen LogP contribution in [0.15, 0.2) is 0 Å². The Balaban J connectivity index is 0.00000324. The Labute approximate surface area is 137 Å². The third-order valence-corrected chi connectivity index (χ3v) is 5.59. The topological polar surface area (TPSA) is 101 Å². The molecule has 1 rings (SSSR count). The first kappa shape index (κ1) is 19.8. The third-order valence-electron chi connectivity index (χ3n) is 3.12. The fraction of sp³-hybridized carbons (Fsp3) is 1.00. The molecule has 6 nitrogen and oxygen atoms in total. The molecule has 108 valence electrons. The molecule has 0 unspecified atom stereocenters. The molecule has 19 heavy (non-hydrogen) atoms. The zero-order chi connectivity index (χ0) is 13.8. The molecule has 0 saturated heterocycles. The smallest absolute Gasteiger partial charge is 0.748 e. The summed E-state index contributed by atoms with van der Waals surface area (Å²) >= 11 is 0. The Bertz CT molecular complexity index is 450. The SMILES string of the molecule is CS(=O)(=O)C1CCC(OCCCS(=O)(=O)[O-])CC1.[Na+]. The van der Waals surface area contributed by atoms with Gasteiger partial charge in [-0.1, -0.05) is 0 Å². The van der Waals surface area contributed by atoms with Crippen LogP contribution in [0.4, 0.5) is 0 Å². The molecular formula is C10H19NaO6S2. The van der Waals surface area contributed by atoms with E-state index in [2.05, 4.69) is 0 Å². The summed E-state index contributed by atoms with van der Waals surface area (Å²) < 4.78 is 59.2. The minimum atomic E-state index is -4.16. The van der Waals surface area contributed by atoms with Gasteiger partial charge >= 0.3 is 29.6 Å². The van der Waals surface area contributed by atoms with Crippen molar-refractivity contribution in [1.29, 1.82) is 0 Å². The molecule has 0 amide bonds. The molecule has 1 saturated carbocycles. The van der Waals surface area contributed by atoms with Crippen molar-refractivity contribution in [2.75, 3.05) is 18.6 Å². The van der Waals surface area contributed by atoms with E-state index in [0.717, 1.165) is 0 Å². The van der Waals surface area contributed by atoms with Crippen LogP contribution < -0.4 is 29.6 Å². The first-order valence-electron chi connectivity index (χ1n) is 5.92. The van der Waals surface area contributed by atoms with E-state index in [-0.39, 0.29) is 53.9 Å². The van der Waals surface area contributed by atoms with Crippen molar-refractivity contribution in [2.24, 2.45) is 0 Å². The molecule has 1 fully saturated rings. The van der Waals surface area contributed by atoms with Gasteiger partial charge in [0, 0.05) is 18.6 Å². The van der Waals surface area contributed by atoms with E-state index in [1.807, 2.05) is 0 Å². The second kappa shape index (κ2) is 8.31. The molecule has 0 aromatic rings. The zero-order valence-electron chi connectivity index (χ0n) is 11.4. The Morgan fingerprint density at radius 2 is 1.63 bits per heavy atom. The van der Waals surface area contributed by atoms with Gasteiger partial charge in [-0.2, -0.15) is 0 Å². The maximum atomic E-state index is 11.3. The number of ether oxygens (including phenoxy) is 1. The molecule has 0 aromatic carbocycles. The van der Waals surface area contributed by atoms with Crippen LogP contribution >= 0.6 is 0 Å². The minimum Gasteiger partial charge on any atom is -0.748 e. The van der Waals surface area contributed by atoms with E-state index in [4.69, 9.17) is 4.74 Å². The van der Waals surface area contributed by atoms with Crippen molar-refractivity contribution < 1.29 is 55.7 Å². The van der Waals surface area contributed by atoms with Gasteiger partial charge in [-0.25, -0.2) is 16.8 Å². The molecule has 0 heterocycles. The molecule has 1 aliphatic carbocycles. The van der Waals surface area contributed by atoms with Gasteiger partial charge in [0.1, 0.15) is 9.84 Å². The normalized spacial score (nSPS) is 24.7. The van der Waals surface area contributed by atoms with Crippen molar-refractivity contribution in [1.82, 2.24) is 0 Å². The van der Waals surface area contributed by atoms with E-state index in [9.17, 15) is 21.4 Å². The molecular weight excluding hydrogens is 303 g/mol. The number of hydrogen-bond acceptors (Lipinski definition) is 6. The Morgan fingerprint density at radius 3 is 2.05 bits per heavy atom. The summed E-state index contributed by atoms with van der Waals surface area (Å²) in [7, 11) is -7.13. The molecule has 0 bridgehead atoms. The predicted octanol–water partition coefficient (Wildman–Crippen LogP) is -2.70. The van der Waals surface area contributed by atoms with Crippen LogP contribution in [0.1, 0.15) is 32.1 Å². The van der Waals surface area contributed by atoms with Crippen molar-refractivity contribution in [2.45, 2.75) is 43.5 Å². The van der Waals surface area contributed by atoms with Crippen LogP contribution in [-0.2, 0) is 24.7 Å². The second-order valence-corrected chi connectivity index (χ2v) is 8.56. The summed E-state index contributed by atoms with van der Waals surface area (Å²) in [4.78, 5) is 0. The van der Waals surface area contributed by atoms with E-state index in [1.165, 1.54) is 6.26 Å². The monoisotopic (exact) mass is 322 g/mol. The van der Waals surface area contributed by atoms with Gasteiger partial charge in [0.25, 0.3) is 0 Å². The summed E-state index contributed by atoms with van der Waals surface area (Å²) in [6.07, 6.45) is 3.93. The first-order chi connectivity index (χ1) is 8.18. The van der Waals surface area contributed by atoms with Gasteiger partial charge in [0.2, 0.25) is 0 Å². The van der Waals surface area contributed by atoms with Gasteiger partial charge in [-0.3, -0.25) is 0 Å². The number of sulfone groups is 1. The molecule has 0 radical (unpaired) electrons. The predicted molar refractivity (Wildman–Crippen MR) is 66.0 cm³/mol. The standard InChI is InChI=1S/C10H20O6S2.Na/c1-17(11,12)10-5-3-9(4-6-10)16-7-2-8-18(13,14)15;/h9-10H,2-8H2,1H3,(H,13,14,15);/q;+1/p-1. The molecule has 9 heteroatoms. The average Bonchev–Trinajstić information content (AvgIpc) is 2.22. The van der Waals surface area contributed by atoms with Crippen molar-refractivity contribution in [3.05, 3.63) is 0 Å². The molecule has 0 aliphatic heterocycles. The maximum absolute atomic E-state index is 11.3. The fourth-order valence-electron chi connectivity index (χ4n) is 2.11. The summed E-state index contributed by atoms with van der Waals surface area (Å²) in [5, 5.41) is -0.278. The molecule has 1 aliphatic rings. The summed E-state index contributed by atoms with van der Waals surface area (Å²) in [5.41, 5.74) is 0. The van der Waals surface area contributed by atoms with E-state index < -0.39 is 25.7 Å². The average molecular weight is 322 g/mol. The molecule has 0 aromatic heterocycles. The van der Waals surface area contributed by atoms with Gasteiger partial charge in [0.15, 0.2) is 0 Å². The summed E-state index contributed by atoms with van der Waals surface area (Å²) in [6.45, 7) is 0.232. The van der Waals surface area contributed by atoms with Gasteiger partial charge in [-0.05, 0) is 32.1 Å². The zero-order valence-corrected chi connectivity index (χ0v) is 15.0. The van der Waals surface area contributed by atoms with Crippen LogP contribution in [0.5, 0.6) is 0 Å². The van der Waals surface area contributed by atoms with Gasteiger partial charge in [0.05, 0.1) is 21.5 Å². The van der Waals surface area contributed by atoms with Crippen LogP contribution in [0, 0.1) is 0 Å². The van der Waals surface area contributed by atoms with Crippen LogP contribution in [-0.4, -0.2) is 51.4 Å².